The first-order valence-corrected chi connectivity index (χ1v) is 6.37. The van der Waals surface area contributed by atoms with E-state index in [2.05, 4.69) is 34.3 Å². The monoisotopic (exact) mass is 231 g/mol. The van der Waals surface area contributed by atoms with E-state index in [1.54, 1.807) is 11.3 Å². The zero-order chi connectivity index (χ0) is 10.8. The highest BCUT2D eigenvalue weighted by Crippen LogP contribution is 2.28. The highest BCUT2D eigenvalue weighted by molar-refractivity contribution is 7.08. The summed E-state index contributed by atoms with van der Waals surface area (Å²) >= 11 is 1.71. The molecule has 0 spiro atoms. The lowest BCUT2D eigenvalue weighted by molar-refractivity contribution is 0.246. The van der Waals surface area contributed by atoms with Crippen molar-refractivity contribution in [2.45, 2.75) is 12.5 Å². The minimum Gasteiger partial charge on any atom is -0.488 e. The van der Waals surface area contributed by atoms with E-state index in [-0.39, 0.29) is 6.10 Å². The third kappa shape index (κ3) is 1.91. The molecule has 1 aliphatic rings. The molecule has 82 valence electrons. The lowest BCUT2D eigenvalue weighted by atomic mass is 10.1. The van der Waals surface area contributed by atoms with E-state index in [4.69, 9.17) is 4.74 Å². The molecule has 16 heavy (non-hydrogen) atoms. The molecule has 1 aromatic heterocycles. The second kappa shape index (κ2) is 4.18. The number of benzene rings is 1. The van der Waals surface area contributed by atoms with Gasteiger partial charge in [-0.3, -0.25) is 0 Å². The number of nitrogens with one attached hydrogen (secondary N) is 1. The van der Waals surface area contributed by atoms with Gasteiger partial charge in [-0.1, -0.05) is 18.2 Å². The van der Waals surface area contributed by atoms with Crippen molar-refractivity contribution >= 4 is 17.0 Å². The van der Waals surface area contributed by atoms with Gasteiger partial charge in [0.1, 0.15) is 11.9 Å². The van der Waals surface area contributed by atoms with Gasteiger partial charge in [0, 0.05) is 17.5 Å². The first kappa shape index (κ1) is 9.73. The quantitative estimate of drug-likeness (QED) is 0.876. The van der Waals surface area contributed by atoms with Gasteiger partial charge in [-0.25, -0.2) is 0 Å². The van der Waals surface area contributed by atoms with Crippen molar-refractivity contribution in [2.75, 3.05) is 11.9 Å². The zero-order valence-electron chi connectivity index (χ0n) is 8.85. The van der Waals surface area contributed by atoms with Crippen molar-refractivity contribution in [3.8, 4) is 5.75 Å². The van der Waals surface area contributed by atoms with Crippen molar-refractivity contribution in [1.82, 2.24) is 0 Å². The number of para-hydroxylation sites is 1. The molecule has 1 N–H and O–H groups in total. The van der Waals surface area contributed by atoms with Gasteiger partial charge in [-0.05, 0) is 23.1 Å². The van der Waals surface area contributed by atoms with Crippen molar-refractivity contribution in [3.63, 3.8) is 0 Å². The molecule has 0 bridgehead atoms. The fourth-order valence-corrected chi connectivity index (χ4v) is 2.58. The third-order valence-corrected chi connectivity index (χ3v) is 3.45. The molecule has 1 atom stereocenters. The molecule has 0 radical (unpaired) electrons. The summed E-state index contributed by atoms with van der Waals surface area (Å²) in [5.74, 6) is 1.04. The van der Waals surface area contributed by atoms with Crippen LogP contribution >= 0.6 is 11.3 Å². The summed E-state index contributed by atoms with van der Waals surface area (Å²) in [5.41, 5.74) is 2.50. The van der Waals surface area contributed by atoms with Gasteiger partial charge in [-0.15, -0.1) is 0 Å². The van der Waals surface area contributed by atoms with E-state index in [1.807, 2.05) is 12.1 Å². The number of hydrogen-bond donors (Lipinski definition) is 1. The van der Waals surface area contributed by atoms with Gasteiger partial charge in [0.15, 0.2) is 0 Å². The SMILES string of the molecule is c1ccc2c(c1)CC(CNc1ccsc1)O2. The number of rotatable bonds is 3. The Kier molecular flexibility index (Phi) is 2.54. The number of fused-ring (bicyclic) bond motifs is 1. The molecule has 0 amide bonds. The first-order valence-electron chi connectivity index (χ1n) is 5.42. The molecule has 2 heterocycles. The normalized spacial score (nSPS) is 17.9. The van der Waals surface area contributed by atoms with E-state index < -0.39 is 0 Å². The maximum absolute atomic E-state index is 5.85. The summed E-state index contributed by atoms with van der Waals surface area (Å²) in [6.45, 7) is 0.866. The van der Waals surface area contributed by atoms with Crippen LogP contribution in [0.15, 0.2) is 41.1 Å². The maximum Gasteiger partial charge on any atom is 0.123 e. The molecule has 3 rings (SSSR count). The van der Waals surface area contributed by atoms with Gasteiger partial charge >= 0.3 is 0 Å². The lowest BCUT2D eigenvalue weighted by Crippen LogP contribution is -2.23. The highest BCUT2D eigenvalue weighted by atomic mass is 32.1. The summed E-state index contributed by atoms with van der Waals surface area (Å²) in [4.78, 5) is 0. The van der Waals surface area contributed by atoms with Crippen LogP contribution < -0.4 is 10.1 Å². The van der Waals surface area contributed by atoms with Crippen molar-refractivity contribution in [1.29, 1.82) is 0 Å². The Bertz CT molecular complexity index is 442. The van der Waals surface area contributed by atoms with Crippen LogP contribution in [0.25, 0.3) is 0 Å². The van der Waals surface area contributed by atoms with Crippen LogP contribution in [0.4, 0.5) is 5.69 Å². The molecule has 0 fully saturated rings. The number of ether oxygens (including phenoxy) is 1. The second-order valence-electron chi connectivity index (χ2n) is 3.94. The van der Waals surface area contributed by atoms with E-state index in [0.29, 0.717) is 0 Å². The predicted octanol–water partition coefficient (Wildman–Crippen LogP) is 3.16. The topological polar surface area (TPSA) is 21.3 Å². The minimum atomic E-state index is 0.261. The smallest absolute Gasteiger partial charge is 0.123 e. The average Bonchev–Trinajstić information content (AvgIpc) is 2.95. The lowest BCUT2D eigenvalue weighted by Gasteiger charge is -2.11. The first-order chi connectivity index (χ1) is 7.92. The molecule has 0 saturated carbocycles. The molecular formula is C13H13NOS. The Morgan fingerprint density at radius 1 is 1.31 bits per heavy atom. The Hall–Kier alpha value is -1.48. The van der Waals surface area contributed by atoms with Crippen molar-refractivity contribution in [2.24, 2.45) is 0 Å². The second-order valence-corrected chi connectivity index (χ2v) is 4.72. The molecule has 3 heteroatoms. The van der Waals surface area contributed by atoms with E-state index in [0.717, 1.165) is 18.7 Å². The molecule has 2 aromatic rings. The zero-order valence-corrected chi connectivity index (χ0v) is 9.67. The summed E-state index contributed by atoms with van der Waals surface area (Å²) in [7, 11) is 0. The standard InChI is InChI=1S/C13H13NOS/c1-2-4-13-10(3-1)7-12(15-13)8-14-11-5-6-16-9-11/h1-6,9,12,14H,7-8H2. The fourth-order valence-electron chi connectivity index (χ4n) is 1.96. The largest absolute Gasteiger partial charge is 0.488 e. The number of hydrogen-bond acceptors (Lipinski definition) is 3. The predicted molar refractivity (Wildman–Crippen MR) is 67.4 cm³/mol. The Labute approximate surface area is 98.9 Å². The minimum absolute atomic E-state index is 0.261. The van der Waals surface area contributed by atoms with Crippen LogP contribution in [0.2, 0.25) is 0 Å². The summed E-state index contributed by atoms with van der Waals surface area (Å²) in [5, 5.41) is 7.58. The summed E-state index contributed by atoms with van der Waals surface area (Å²) in [6, 6.07) is 10.4. The van der Waals surface area contributed by atoms with E-state index in [1.165, 1.54) is 11.3 Å². The van der Waals surface area contributed by atoms with Gasteiger partial charge in [0.25, 0.3) is 0 Å². The number of anilines is 1. The van der Waals surface area contributed by atoms with Crippen LogP contribution in [0.1, 0.15) is 5.56 Å². The van der Waals surface area contributed by atoms with Gasteiger partial charge in [0.2, 0.25) is 0 Å². The Balaban J connectivity index is 1.60. The van der Waals surface area contributed by atoms with E-state index >= 15 is 0 Å². The Morgan fingerprint density at radius 2 is 2.25 bits per heavy atom. The van der Waals surface area contributed by atoms with Crippen LogP contribution in [-0.4, -0.2) is 12.6 Å². The van der Waals surface area contributed by atoms with Crippen LogP contribution in [-0.2, 0) is 6.42 Å². The van der Waals surface area contributed by atoms with Gasteiger partial charge in [-0.2, -0.15) is 11.3 Å². The number of thiophene rings is 1. The highest BCUT2D eigenvalue weighted by Gasteiger charge is 2.21. The molecule has 0 saturated heterocycles. The molecule has 1 aromatic carbocycles. The summed E-state index contributed by atoms with van der Waals surface area (Å²) in [6.07, 6.45) is 1.27. The Morgan fingerprint density at radius 3 is 3.06 bits per heavy atom. The maximum atomic E-state index is 5.85. The average molecular weight is 231 g/mol. The van der Waals surface area contributed by atoms with Crippen LogP contribution in [0.5, 0.6) is 5.75 Å². The molecular weight excluding hydrogens is 218 g/mol. The molecule has 2 nitrogen and oxygen atoms in total. The summed E-state index contributed by atoms with van der Waals surface area (Å²) < 4.78 is 5.85. The van der Waals surface area contributed by atoms with E-state index in [9.17, 15) is 0 Å². The third-order valence-electron chi connectivity index (χ3n) is 2.77. The molecule has 1 unspecified atom stereocenters. The van der Waals surface area contributed by atoms with Gasteiger partial charge in [0.05, 0.1) is 6.54 Å². The van der Waals surface area contributed by atoms with Crippen LogP contribution in [0.3, 0.4) is 0 Å². The van der Waals surface area contributed by atoms with Crippen LogP contribution in [0, 0.1) is 0 Å². The van der Waals surface area contributed by atoms with Crippen molar-refractivity contribution < 1.29 is 4.74 Å². The molecule has 0 aliphatic carbocycles. The fraction of sp³-hybridized carbons (Fsp3) is 0.231. The van der Waals surface area contributed by atoms with Gasteiger partial charge < -0.3 is 10.1 Å². The van der Waals surface area contributed by atoms with Crippen molar-refractivity contribution in [3.05, 3.63) is 46.7 Å². The molecule has 1 aliphatic heterocycles.